The first-order chi connectivity index (χ1) is 13.3. The van der Waals surface area contributed by atoms with Gasteiger partial charge in [0.2, 0.25) is 5.95 Å². The van der Waals surface area contributed by atoms with Crippen molar-refractivity contribution < 1.29 is 4.39 Å². The summed E-state index contributed by atoms with van der Waals surface area (Å²) in [5.74, 6) is 1.27. The van der Waals surface area contributed by atoms with Crippen molar-refractivity contribution in [2.75, 3.05) is 51.2 Å². The number of rotatable bonds is 6. The van der Waals surface area contributed by atoms with Crippen molar-refractivity contribution in [2.24, 2.45) is 4.99 Å². The number of aliphatic imine (C=N–C) groups is 1. The zero-order valence-corrected chi connectivity index (χ0v) is 15.6. The normalized spacial score (nSPS) is 15.6. The second kappa shape index (κ2) is 9.82. The van der Waals surface area contributed by atoms with Gasteiger partial charge in [-0.1, -0.05) is 18.2 Å². The molecule has 1 aliphatic heterocycles. The molecule has 1 saturated heterocycles. The monoisotopic (exact) mass is 371 g/mol. The summed E-state index contributed by atoms with van der Waals surface area (Å²) in [6.07, 6.45) is 3.55. The highest BCUT2D eigenvalue weighted by molar-refractivity contribution is 5.79. The van der Waals surface area contributed by atoms with E-state index in [1.807, 2.05) is 12.1 Å². The molecule has 0 aliphatic carbocycles. The molecule has 7 nitrogen and oxygen atoms in total. The Morgan fingerprint density at radius 3 is 2.52 bits per heavy atom. The van der Waals surface area contributed by atoms with Crippen LogP contribution >= 0.6 is 0 Å². The summed E-state index contributed by atoms with van der Waals surface area (Å²) in [6, 6.07) is 8.59. The van der Waals surface area contributed by atoms with Gasteiger partial charge in [0.15, 0.2) is 5.96 Å². The van der Waals surface area contributed by atoms with E-state index in [9.17, 15) is 4.39 Å². The Balaban J connectivity index is 1.36. The average Bonchev–Trinajstić information content (AvgIpc) is 2.73. The predicted molar refractivity (Wildman–Crippen MR) is 105 cm³/mol. The number of guanidine groups is 1. The van der Waals surface area contributed by atoms with Gasteiger partial charge in [0, 0.05) is 70.8 Å². The Labute approximate surface area is 159 Å². The van der Waals surface area contributed by atoms with E-state index in [2.05, 4.69) is 35.4 Å². The second-order valence-corrected chi connectivity index (χ2v) is 6.32. The molecule has 2 aromatic rings. The lowest BCUT2D eigenvalue weighted by molar-refractivity contribution is 0.260. The van der Waals surface area contributed by atoms with E-state index in [-0.39, 0.29) is 5.82 Å². The first kappa shape index (κ1) is 19.0. The van der Waals surface area contributed by atoms with Crippen molar-refractivity contribution in [3.8, 4) is 0 Å². The third-order valence-electron chi connectivity index (χ3n) is 4.56. The molecule has 0 unspecified atom stereocenters. The fourth-order valence-corrected chi connectivity index (χ4v) is 3.00. The molecule has 1 aromatic heterocycles. The Kier molecular flexibility index (Phi) is 6.92. The molecule has 1 aromatic carbocycles. The first-order valence-corrected chi connectivity index (χ1v) is 9.18. The Morgan fingerprint density at radius 1 is 1.07 bits per heavy atom. The molecule has 0 radical (unpaired) electrons. The number of aromatic nitrogens is 2. The van der Waals surface area contributed by atoms with Gasteiger partial charge in [-0.3, -0.25) is 9.89 Å². The quantitative estimate of drug-likeness (QED) is 0.586. The second-order valence-electron chi connectivity index (χ2n) is 6.32. The van der Waals surface area contributed by atoms with Gasteiger partial charge >= 0.3 is 0 Å². The SMILES string of the molecule is CN=C(NCCN1CCN(c2ncccn2)CC1)NCc1ccccc1F. The third-order valence-corrected chi connectivity index (χ3v) is 4.56. The highest BCUT2D eigenvalue weighted by Crippen LogP contribution is 2.09. The summed E-state index contributed by atoms with van der Waals surface area (Å²) in [7, 11) is 1.72. The highest BCUT2D eigenvalue weighted by Gasteiger charge is 2.18. The van der Waals surface area contributed by atoms with Gasteiger partial charge in [0.25, 0.3) is 0 Å². The van der Waals surface area contributed by atoms with Crippen LogP contribution in [0.2, 0.25) is 0 Å². The van der Waals surface area contributed by atoms with Crippen LogP contribution in [0.25, 0.3) is 0 Å². The molecule has 0 saturated carbocycles. The maximum atomic E-state index is 13.7. The molecule has 1 fully saturated rings. The molecular formula is C19H26FN7. The average molecular weight is 371 g/mol. The van der Waals surface area contributed by atoms with Crippen molar-refractivity contribution in [1.29, 1.82) is 0 Å². The van der Waals surface area contributed by atoms with Crippen molar-refractivity contribution in [3.63, 3.8) is 0 Å². The molecule has 144 valence electrons. The summed E-state index contributed by atoms with van der Waals surface area (Å²) < 4.78 is 13.7. The number of piperazine rings is 1. The number of nitrogens with one attached hydrogen (secondary N) is 2. The van der Waals surface area contributed by atoms with E-state index in [1.54, 1.807) is 31.6 Å². The molecule has 3 rings (SSSR count). The van der Waals surface area contributed by atoms with Gasteiger partial charge in [-0.25, -0.2) is 14.4 Å². The molecule has 0 bridgehead atoms. The molecule has 2 N–H and O–H groups in total. The number of halogens is 1. The molecule has 0 atom stereocenters. The van der Waals surface area contributed by atoms with Crippen LogP contribution in [-0.2, 0) is 6.54 Å². The maximum Gasteiger partial charge on any atom is 0.225 e. The number of benzene rings is 1. The van der Waals surface area contributed by atoms with Crippen LogP contribution in [0.3, 0.4) is 0 Å². The summed E-state index contributed by atoms with van der Waals surface area (Å²) in [6.45, 7) is 5.89. The van der Waals surface area contributed by atoms with Gasteiger partial charge in [-0.2, -0.15) is 0 Å². The first-order valence-electron chi connectivity index (χ1n) is 9.18. The third kappa shape index (κ3) is 5.62. The molecule has 27 heavy (non-hydrogen) atoms. The lowest BCUT2D eigenvalue weighted by atomic mass is 10.2. The molecule has 0 amide bonds. The smallest absolute Gasteiger partial charge is 0.225 e. The molecule has 2 heterocycles. The van der Waals surface area contributed by atoms with E-state index in [4.69, 9.17) is 0 Å². The fraction of sp³-hybridized carbons (Fsp3) is 0.421. The van der Waals surface area contributed by atoms with E-state index < -0.39 is 0 Å². The van der Waals surface area contributed by atoms with E-state index in [0.717, 1.165) is 45.2 Å². The van der Waals surface area contributed by atoms with Crippen LogP contribution in [0.4, 0.5) is 10.3 Å². The minimum atomic E-state index is -0.208. The molecule has 8 heteroatoms. The number of hydrogen-bond donors (Lipinski definition) is 2. The van der Waals surface area contributed by atoms with Crippen LogP contribution in [0.1, 0.15) is 5.56 Å². The molecular weight excluding hydrogens is 345 g/mol. The number of hydrogen-bond acceptors (Lipinski definition) is 5. The zero-order valence-electron chi connectivity index (χ0n) is 15.6. The number of nitrogens with zero attached hydrogens (tertiary/aromatic N) is 5. The fourth-order valence-electron chi connectivity index (χ4n) is 3.00. The largest absolute Gasteiger partial charge is 0.355 e. The highest BCUT2D eigenvalue weighted by atomic mass is 19.1. The van der Waals surface area contributed by atoms with Crippen LogP contribution < -0.4 is 15.5 Å². The van der Waals surface area contributed by atoms with E-state index in [1.165, 1.54) is 6.07 Å². The van der Waals surface area contributed by atoms with Crippen molar-refractivity contribution in [2.45, 2.75) is 6.54 Å². The molecule has 1 aliphatic rings. The summed E-state index contributed by atoms with van der Waals surface area (Å²) in [5.41, 5.74) is 0.625. The standard InChI is InChI=1S/C19H26FN7/c1-21-18(25-15-16-5-2-3-6-17(16)20)22-9-10-26-11-13-27(14-12-26)19-23-7-4-8-24-19/h2-8H,9-15H2,1H3,(H2,21,22,25). The van der Waals surface area contributed by atoms with Gasteiger partial charge in [0.1, 0.15) is 5.82 Å². The van der Waals surface area contributed by atoms with Crippen LogP contribution in [0.15, 0.2) is 47.7 Å². The van der Waals surface area contributed by atoms with Crippen LogP contribution in [0.5, 0.6) is 0 Å². The summed E-state index contributed by atoms with van der Waals surface area (Å²) in [5, 5.41) is 6.43. The Bertz CT molecular complexity index is 730. The van der Waals surface area contributed by atoms with E-state index >= 15 is 0 Å². The van der Waals surface area contributed by atoms with Crippen molar-refractivity contribution >= 4 is 11.9 Å². The van der Waals surface area contributed by atoms with Gasteiger partial charge in [0.05, 0.1) is 0 Å². The summed E-state index contributed by atoms with van der Waals surface area (Å²) >= 11 is 0. The minimum Gasteiger partial charge on any atom is -0.355 e. The summed E-state index contributed by atoms with van der Waals surface area (Å²) in [4.78, 5) is 17.4. The Morgan fingerprint density at radius 2 is 1.81 bits per heavy atom. The van der Waals surface area contributed by atoms with Crippen LogP contribution in [0, 0.1) is 5.82 Å². The number of anilines is 1. The van der Waals surface area contributed by atoms with Gasteiger partial charge < -0.3 is 15.5 Å². The lowest BCUT2D eigenvalue weighted by Crippen LogP contribution is -2.49. The predicted octanol–water partition coefficient (Wildman–Crippen LogP) is 1.10. The molecule has 0 spiro atoms. The van der Waals surface area contributed by atoms with E-state index in [0.29, 0.717) is 18.1 Å². The topological polar surface area (TPSA) is 68.7 Å². The lowest BCUT2D eigenvalue weighted by Gasteiger charge is -2.34. The Hall–Kier alpha value is -2.74. The van der Waals surface area contributed by atoms with Gasteiger partial charge in [-0.05, 0) is 12.1 Å². The zero-order chi connectivity index (χ0) is 18.9. The van der Waals surface area contributed by atoms with Gasteiger partial charge in [-0.15, -0.1) is 0 Å². The maximum absolute atomic E-state index is 13.7. The van der Waals surface area contributed by atoms with Crippen LogP contribution in [-0.4, -0.2) is 67.1 Å². The minimum absolute atomic E-state index is 0.208. The van der Waals surface area contributed by atoms with Crippen molar-refractivity contribution in [3.05, 3.63) is 54.1 Å². The van der Waals surface area contributed by atoms with Crippen molar-refractivity contribution in [1.82, 2.24) is 25.5 Å².